The number of allylic oxidation sites excluding steroid dienone is 2. The Kier molecular flexibility index (Phi) is 8.41. The molecule has 0 aromatic heterocycles. The van der Waals surface area contributed by atoms with Crippen LogP contribution in [0.4, 0.5) is 0 Å². The third-order valence-corrected chi connectivity index (χ3v) is 6.42. The van der Waals surface area contributed by atoms with Gasteiger partial charge in [-0.2, -0.15) is 0 Å². The number of aliphatic hydroxyl groups excluding tert-OH is 2. The lowest BCUT2D eigenvalue weighted by atomic mass is 9.68. The predicted molar refractivity (Wildman–Crippen MR) is 128 cm³/mol. The van der Waals surface area contributed by atoms with E-state index in [4.69, 9.17) is 9.47 Å². The number of hydrogen-bond acceptors (Lipinski definition) is 10. The third kappa shape index (κ3) is 5.86. The lowest BCUT2D eigenvalue weighted by molar-refractivity contribution is -0.151. The molecule has 10 heteroatoms. The molecule has 2 aliphatic rings. The van der Waals surface area contributed by atoms with Crippen molar-refractivity contribution in [3.63, 3.8) is 0 Å². The zero-order valence-electron chi connectivity index (χ0n) is 21.2. The second-order valence-corrected chi connectivity index (χ2v) is 10.3. The fourth-order valence-corrected chi connectivity index (χ4v) is 4.48. The topological polar surface area (TPSA) is 152 Å². The summed E-state index contributed by atoms with van der Waals surface area (Å²) < 4.78 is 9.57. The summed E-state index contributed by atoms with van der Waals surface area (Å²) in [5.41, 5.74) is -1.72. The van der Waals surface area contributed by atoms with Gasteiger partial charge >= 0.3 is 11.9 Å². The van der Waals surface area contributed by atoms with Crippen molar-refractivity contribution in [2.24, 2.45) is 32.7 Å². The normalized spacial score (nSPS) is 25.3. The molecule has 0 amide bonds. The number of rotatable bonds is 7. The molecule has 2 aliphatic carbocycles. The van der Waals surface area contributed by atoms with E-state index in [-0.39, 0.29) is 53.6 Å². The van der Waals surface area contributed by atoms with Gasteiger partial charge < -0.3 is 19.7 Å². The van der Waals surface area contributed by atoms with Crippen LogP contribution in [0.3, 0.4) is 0 Å². The van der Waals surface area contributed by atoms with E-state index >= 15 is 0 Å². The number of methoxy groups -OCH3 is 2. The molecule has 0 unspecified atom stereocenters. The van der Waals surface area contributed by atoms with Crippen LogP contribution in [0.25, 0.3) is 0 Å². The van der Waals surface area contributed by atoms with Crippen LogP contribution in [0.1, 0.15) is 47.5 Å². The Labute approximate surface area is 204 Å². The summed E-state index contributed by atoms with van der Waals surface area (Å²) >= 11 is 0. The van der Waals surface area contributed by atoms with E-state index in [9.17, 15) is 29.4 Å². The van der Waals surface area contributed by atoms with Crippen molar-refractivity contribution in [2.75, 3.05) is 20.8 Å². The van der Waals surface area contributed by atoms with Gasteiger partial charge in [0.2, 0.25) is 0 Å². The van der Waals surface area contributed by atoms with Crippen molar-refractivity contribution in [3.8, 4) is 0 Å². The van der Waals surface area contributed by atoms with Gasteiger partial charge in [-0.25, -0.2) is 0 Å². The third-order valence-electron chi connectivity index (χ3n) is 6.42. The number of aliphatic hydroxyl groups is 2. The molecule has 2 rings (SSSR count). The molecule has 0 aromatic carbocycles. The van der Waals surface area contributed by atoms with Gasteiger partial charge in [-0.1, -0.05) is 27.7 Å². The molecule has 2 N–H and O–H groups in total. The summed E-state index contributed by atoms with van der Waals surface area (Å²) in [6.45, 7) is 8.62. The van der Waals surface area contributed by atoms with Crippen molar-refractivity contribution in [1.29, 1.82) is 0 Å². The van der Waals surface area contributed by atoms with Crippen LogP contribution in [0.5, 0.6) is 0 Å². The van der Waals surface area contributed by atoms with E-state index in [1.165, 1.54) is 26.6 Å². The maximum atomic E-state index is 12.5. The molecular formula is C25H34N2O8. The molecule has 0 aliphatic heterocycles. The number of hydrogen-bond donors (Lipinski definition) is 2. The minimum Gasteiger partial charge on any atom is -0.511 e. The molecule has 0 saturated heterocycles. The molecule has 0 heterocycles. The maximum absolute atomic E-state index is 12.5. The average Bonchev–Trinajstić information content (AvgIpc) is 2.73. The van der Waals surface area contributed by atoms with Gasteiger partial charge in [-0.15, -0.1) is 0 Å². The van der Waals surface area contributed by atoms with Crippen LogP contribution in [-0.4, -0.2) is 73.0 Å². The molecule has 0 bridgehead atoms. The van der Waals surface area contributed by atoms with E-state index in [0.29, 0.717) is 0 Å². The molecule has 3 atom stereocenters. The van der Waals surface area contributed by atoms with Crippen molar-refractivity contribution in [2.45, 2.75) is 53.5 Å². The molecule has 0 fully saturated rings. The Balaban J connectivity index is 2.21. The number of esters is 2. The summed E-state index contributed by atoms with van der Waals surface area (Å²) in [6, 6.07) is -0.458. The van der Waals surface area contributed by atoms with Crippen molar-refractivity contribution in [1.82, 2.24) is 0 Å². The van der Waals surface area contributed by atoms with E-state index in [0.717, 1.165) is 0 Å². The first-order valence-corrected chi connectivity index (χ1v) is 11.3. The predicted octanol–water partition coefficient (Wildman–Crippen LogP) is 2.72. The maximum Gasteiger partial charge on any atom is 0.316 e. The zero-order chi connectivity index (χ0) is 26.7. The largest absolute Gasteiger partial charge is 0.511 e. The van der Waals surface area contributed by atoms with E-state index < -0.39 is 40.6 Å². The summed E-state index contributed by atoms with van der Waals surface area (Å²) in [6.07, 6.45) is 2.52. The molecule has 35 heavy (non-hydrogen) atoms. The Hall–Kier alpha value is -3.30. The Bertz CT molecular complexity index is 1030. The minimum absolute atomic E-state index is 0.0396. The minimum atomic E-state index is -0.987. The van der Waals surface area contributed by atoms with Crippen LogP contribution in [-0.2, 0) is 28.7 Å². The summed E-state index contributed by atoms with van der Waals surface area (Å²) in [5.74, 6) is -4.68. The summed E-state index contributed by atoms with van der Waals surface area (Å²) in [5, 5.41) is 21.2. The number of carbonyl (C=O) groups excluding carboxylic acids is 4. The first-order chi connectivity index (χ1) is 16.2. The van der Waals surface area contributed by atoms with Crippen LogP contribution in [0, 0.1) is 22.7 Å². The first kappa shape index (κ1) is 27.9. The number of ether oxygens (including phenoxy) is 2. The summed E-state index contributed by atoms with van der Waals surface area (Å²) in [7, 11) is 2.43. The number of carbonyl (C=O) groups is 4. The van der Waals surface area contributed by atoms with E-state index in [2.05, 4.69) is 9.98 Å². The van der Waals surface area contributed by atoms with Gasteiger partial charge in [0, 0.05) is 25.3 Å². The Morgan fingerprint density at radius 1 is 0.914 bits per heavy atom. The van der Waals surface area contributed by atoms with Crippen LogP contribution < -0.4 is 0 Å². The number of ketones is 2. The van der Waals surface area contributed by atoms with Gasteiger partial charge in [0.1, 0.15) is 23.4 Å². The second kappa shape index (κ2) is 10.5. The molecule has 192 valence electrons. The standard InChI is InChI=1S/C25H34N2O8/c1-13(27-12-15-17(29)9-25(4,5)19(21(15)31)23(33)35-7)10-26-11-14-16(28)8-24(2,3)18(20(14)30)22(32)34-6/h11-13,18-19,30-31H,8-10H2,1-7H3/t13-,18+,19+/m1/s1. The first-order valence-electron chi connectivity index (χ1n) is 11.3. The van der Waals surface area contributed by atoms with Gasteiger partial charge in [-0.3, -0.25) is 29.2 Å². The number of Topliss-reactive ketones (excluding diaryl/α,β-unsaturated/α-hetero) is 2. The fourth-order valence-electron chi connectivity index (χ4n) is 4.48. The van der Waals surface area contributed by atoms with Crippen LogP contribution in [0.15, 0.2) is 32.6 Å². The highest BCUT2D eigenvalue weighted by atomic mass is 16.5. The molecule has 10 nitrogen and oxygen atoms in total. The van der Waals surface area contributed by atoms with Gasteiger partial charge in [-0.05, 0) is 17.8 Å². The highest BCUT2D eigenvalue weighted by Crippen LogP contribution is 2.42. The highest BCUT2D eigenvalue weighted by Gasteiger charge is 2.47. The molecular weight excluding hydrogens is 456 g/mol. The molecule has 0 radical (unpaired) electrons. The zero-order valence-corrected chi connectivity index (χ0v) is 21.2. The van der Waals surface area contributed by atoms with E-state index in [1.54, 1.807) is 34.6 Å². The SMILES string of the molecule is COC(=O)[C@@H]1C(O)=C(C=NC[C@@H](C)N=CC2=C(O)[C@@H](C(=O)OC)C(C)(C)CC2=O)C(=O)CC1(C)C. The van der Waals surface area contributed by atoms with E-state index in [1.807, 2.05) is 0 Å². The average molecular weight is 491 g/mol. The van der Waals surface area contributed by atoms with Crippen molar-refractivity contribution in [3.05, 3.63) is 22.7 Å². The Morgan fingerprint density at radius 2 is 1.31 bits per heavy atom. The Morgan fingerprint density at radius 3 is 1.71 bits per heavy atom. The van der Waals surface area contributed by atoms with Gasteiger partial charge in [0.15, 0.2) is 11.6 Å². The van der Waals surface area contributed by atoms with Crippen LogP contribution >= 0.6 is 0 Å². The smallest absolute Gasteiger partial charge is 0.316 e. The molecule has 0 aromatic rings. The molecule has 0 spiro atoms. The second-order valence-electron chi connectivity index (χ2n) is 10.3. The quantitative estimate of drug-likeness (QED) is 0.408. The van der Waals surface area contributed by atoms with Crippen LogP contribution in [0.2, 0.25) is 0 Å². The van der Waals surface area contributed by atoms with Gasteiger partial charge in [0.05, 0.1) is 38.0 Å². The van der Waals surface area contributed by atoms with Gasteiger partial charge in [0.25, 0.3) is 0 Å². The summed E-state index contributed by atoms with van der Waals surface area (Å²) in [4.78, 5) is 57.8. The number of nitrogens with zero attached hydrogens (tertiary/aromatic N) is 2. The molecule has 0 saturated carbocycles. The van der Waals surface area contributed by atoms with Crippen molar-refractivity contribution < 1.29 is 38.9 Å². The fraction of sp³-hybridized carbons (Fsp3) is 0.600. The lowest BCUT2D eigenvalue weighted by Crippen LogP contribution is -2.40. The number of aliphatic imine (C=N–C) groups is 2. The lowest BCUT2D eigenvalue weighted by Gasteiger charge is -2.35. The highest BCUT2D eigenvalue weighted by molar-refractivity contribution is 6.16. The van der Waals surface area contributed by atoms with Crippen molar-refractivity contribution >= 4 is 35.9 Å². The monoisotopic (exact) mass is 490 g/mol.